The fraction of sp³-hybridized carbons (Fsp3) is 0.500. The molecule has 0 bridgehead atoms. The fourth-order valence-corrected chi connectivity index (χ4v) is 2.09. The third kappa shape index (κ3) is 5.35. The van der Waals surface area contributed by atoms with Crippen LogP contribution in [0.15, 0.2) is 24.3 Å². The average Bonchev–Trinajstić information content (AvgIpc) is 2.42. The van der Waals surface area contributed by atoms with Crippen molar-refractivity contribution in [2.24, 2.45) is 0 Å². The van der Waals surface area contributed by atoms with Crippen molar-refractivity contribution in [3.8, 4) is 5.75 Å². The van der Waals surface area contributed by atoms with E-state index in [-0.39, 0.29) is 43.1 Å². The van der Waals surface area contributed by atoms with Gasteiger partial charge in [0.2, 0.25) is 5.91 Å². The first-order valence-corrected chi connectivity index (χ1v) is 6.63. The zero-order valence-electron chi connectivity index (χ0n) is 11.2. The Morgan fingerprint density at radius 2 is 2.25 bits per heavy atom. The molecule has 0 aromatic heterocycles. The lowest BCUT2D eigenvalue weighted by atomic mass is 10.1. The number of benzene rings is 1. The molecule has 1 heterocycles. The lowest BCUT2D eigenvalue weighted by Gasteiger charge is -2.23. The van der Waals surface area contributed by atoms with Crippen molar-refractivity contribution >= 4 is 18.3 Å². The number of halogens is 2. The maximum atomic E-state index is 13.3. The Labute approximate surface area is 124 Å². The van der Waals surface area contributed by atoms with Crippen LogP contribution in [0.1, 0.15) is 19.3 Å². The van der Waals surface area contributed by atoms with E-state index in [9.17, 15) is 9.18 Å². The molecule has 0 aliphatic carbocycles. The summed E-state index contributed by atoms with van der Waals surface area (Å²) in [6.45, 7) is 2.02. The number of ether oxygens (including phenoxy) is 1. The van der Waals surface area contributed by atoms with Crippen LogP contribution in [-0.2, 0) is 4.79 Å². The third-order valence-corrected chi connectivity index (χ3v) is 3.09. The van der Waals surface area contributed by atoms with Crippen LogP contribution in [0.3, 0.4) is 0 Å². The Bertz CT molecular complexity index is 425. The Kier molecular flexibility index (Phi) is 7.33. The Morgan fingerprint density at radius 3 is 2.95 bits per heavy atom. The topological polar surface area (TPSA) is 50.4 Å². The van der Waals surface area contributed by atoms with E-state index in [0.717, 1.165) is 25.9 Å². The van der Waals surface area contributed by atoms with Crippen LogP contribution in [0.5, 0.6) is 5.75 Å². The quantitative estimate of drug-likeness (QED) is 0.873. The number of rotatable bonds is 5. The van der Waals surface area contributed by atoms with Gasteiger partial charge >= 0.3 is 0 Å². The van der Waals surface area contributed by atoms with Crippen LogP contribution < -0.4 is 15.4 Å². The minimum atomic E-state index is -0.403. The van der Waals surface area contributed by atoms with Gasteiger partial charge in [0.05, 0.1) is 13.0 Å². The molecule has 2 rings (SSSR count). The van der Waals surface area contributed by atoms with Crippen molar-refractivity contribution in [1.29, 1.82) is 0 Å². The smallest absolute Gasteiger partial charge is 0.223 e. The first-order chi connectivity index (χ1) is 9.25. The lowest BCUT2D eigenvalue weighted by molar-refractivity contribution is -0.122. The summed E-state index contributed by atoms with van der Waals surface area (Å²) in [7, 11) is 0. The molecule has 4 nitrogen and oxygen atoms in total. The number of carbonyl (C=O) groups excluding carboxylic acids is 1. The van der Waals surface area contributed by atoms with Crippen LogP contribution >= 0.6 is 12.4 Å². The molecule has 1 aliphatic heterocycles. The average molecular weight is 303 g/mol. The number of hydrogen-bond donors (Lipinski definition) is 2. The molecule has 1 saturated heterocycles. The molecule has 112 valence electrons. The molecule has 1 aromatic rings. The maximum Gasteiger partial charge on any atom is 0.223 e. The summed E-state index contributed by atoms with van der Waals surface area (Å²) in [5.41, 5.74) is 0. The molecule has 6 heteroatoms. The summed E-state index contributed by atoms with van der Waals surface area (Å²) >= 11 is 0. The number of para-hydroxylation sites is 1. The number of carbonyl (C=O) groups is 1. The minimum absolute atomic E-state index is 0. The van der Waals surface area contributed by atoms with Crippen molar-refractivity contribution in [1.82, 2.24) is 10.6 Å². The van der Waals surface area contributed by atoms with E-state index < -0.39 is 5.82 Å². The van der Waals surface area contributed by atoms with Crippen LogP contribution in [0.4, 0.5) is 4.39 Å². The Hall–Kier alpha value is -1.33. The molecule has 1 atom stereocenters. The van der Waals surface area contributed by atoms with Gasteiger partial charge in [-0.25, -0.2) is 4.39 Å². The van der Waals surface area contributed by atoms with Crippen molar-refractivity contribution in [3.05, 3.63) is 30.1 Å². The normalized spacial score (nSPS) is 17.9. The minimum Gasteiger partial charge on any atom is -0.490 e. The van der Waals surface area contributed by atoms with Gasteiger partial charge in [0.1, 0.15) is 0 Å². The summed E-state index contributed by atoms with van der Waals surface area (Å²) in [4.78, 5) is 11.7. The van der Waals surface area contributed by atoms with E-state index in [2.05, 4.69) is 10.6 Å². The van der Waals surface area contributed by atoms with E-state index >= 15 is 0 Å². The van der Waals surface area contributed by atoms with Gasteiger partial charge in [-0.2, -0.15) is 0 Å². The van der Waals surface area contributed by atoms with Crippen LogP contribution in [0.2, 0.25) is 0 Å². The highest BCUT2D eigenvalue weighted by atomic mass is 35.5. The van der Waals surface area contributed by atoms with Crippen LogP contribution in [-0.4, -0.2) is 31.6 Å². The summed E-state index contributed by atoms with van der Waals surface area (Å²) < 4.78 is 18.5. The van der Waals surface area contributed by atoms with E-state index in [0.29, 0.717) is 0 Å². The SMILES string of the molecule is Cl.O=C(CCOc1ccccc1F)N[C@H]1CCCNC1. The predicted octanol–water partition coefficient (Wildman–Crippen LogP) is 1.88. The standard InChI is InChI=1S/C14H19FN2O2.ClH/c15-12-5-1-2-6-13(12)19-9-7-14(18)17-11-4-3-8-16-10-11;/h1-2,5-6,11,16H,3-4,7-10H2,(H,17,18);1H/t11-;/m0./s1. The second kappa shape index (κ2) is 8.76. The van der Waals surface area contributed by atoms with Crippen LogP contribution in [0.25, 0.3) is 0 Å². The van der Waals surface area contributed by atoms with Gasteiger partial charge in [0, 0.05) is 12.6 Å². The first kappa shape index (κ1) is 16.7. The highest BCUT2D eigenvalue weighted by molar-refractivity contribution is 5.85. The Balaban J connectivity index is 0.00000200. The second-order valence-electron chi connectivity index (χ2n) is 4.64. The fourth-order valence-electron chi connectivity index (χ4n) is 2.09. The second-order valence-corrected chi connectivity index (χ2v) is 4.64. The van der Waals surface area contributed by atoms with Gasteiger partial charge in [-0.3, -0.25) is 4.79 Å². The lowest BCUT2D eigenvalue weighted by Crippen LogP contribution is -2.45. The van der Waals surface area contributed by atoms with Gasteiger partial charge in [0.15, 0.2) is 11.6 Å². The molecule has 1 aliphatic rings. The number of amides is 1. The molecule has 20 heavy (non-hydrogen) atoms. The molecular formula is C14H20ClFN2O2. The summed E-state index contributed by atoms with van der Waals surface area (Å²) in [5.74, 6) is -0.265. The molecule has 0 spiro atoms. The van der Waals surface area contributed by atoms with Crippen molar-refractivity contribution < 1.29 is 13.9 Å². The molecular weight excluding hydrogens is 283 g/mol. The molecule has 2 N–H and O–H groups in total. The third-order valence-electron chi connectivity index (χ3n) is 3.09. The first-order valence-electron chi connectivity index (χ1n) is 6.63. The Morgan fingerprint density at radius 1 is 1.45 bits per heavy atom. The van der Waals surface area contributed by atoms with Gasteiger partial charge in [-0.15, -0.1) is 12.4 Å². The van der Waals surface area contributed by atoms with Gasteiger partial charge in [0.25, 0.3) is 0 Å². The molecule has 0 unspecified atom stereocenters. The van der Waals surface area contributed by atoms with Crippen molar-refractivity contribution in [2.45, 2.75) is 25.3 Å². The number of nitrogens with one attached hydrogen (secondary N) is 2. The van der Waals surface area contributed by atoms with Crippen LogP contribution in [0, 0.1) is 5.82 Å². The van der Waals surface area contributed by atoms with Gasteiger partial charge < -0.3 is 15.4 Å². The largest absolute Gasteiger partial charge is 0.490 e. The highest BCUT2D eigenvalue weighted by Crippen LogP contribution is 2.15. The van der Waals surface area contributed by atoms with E-state index in [4.69, 9.17) is 4.74 Å². The molecule has 0 radical (unpaired) electrons. The number of hydrogen-bond acceptors (Lipinski definition) is 3. The molecule has 0 saturated carbocycles. The van der Waals surface area contributed by atoms with Crippen molar-refractivity contribution in [2.75, 3.05) is 19.7 Å². The van der Waals surface area contributed by atoms with E-state index in [1.54, 1.807) is 18.2 Å². The monoisotopic (exact) mass is 302 g/mol. The molecule has 1 aromatic carbocycles. The van der Waals surface area contributed by atoms with E-state index in [1.807, 2.05) is 0 Å². The van der Waals surface area contributed by atoms with Crippen molar-refractivity contribution in [3.63, 3.8) is 0 Å². The van der Waals surface area contributed by atoms with Gasteiger partial charge in [-0.05, 0) is 31.5 Å². The number of piperidine rings is 1. The highest BCUT2D eigenvalue weighted by Gasteiger charge is 2.15. The maximum absolute atomic E-state index is 13.3. The summed E-state index contributed by atoms with van der Waals surface area (Å²) in [6.07, 6.45) is 2.33. The van der Waals surface area contributed by atoms with Gasteiger partial charge in [-0.1, -0.05) is 12.1 Å². The molecule has 1 amide bonds. The zero-order valence-corrected chi connectivity index (χ0v) is 12.0. The zero-order chi connectivity index (χ0) is 13.5. The van der Waals surface area contributed by atoms with E-state index in [1.165, 1.54) is 6.07 Å². The summed E-state index contributed by atoms with van der Waals surface area (Å²) in [6, 6.07) is 6.40. The molecule has 1 fully saturated rings. The predicted molar refractivity (Wildman–Crippen MR) is 77.8 cm³/mol. The summed E-state index contributed by atoms with van der Waals surface area (Å²) in [5, 5.41) is 6.18.